The van der Waals surface area contributed by atoms with Gasteiger partial charge in [0.15, 0.2) is 18.1 Å². The van der Waals surface area contributed by atoms with Crippen LogP contribution in [0.15, 0.2) is 12.1 Å². The van der Waals surface area contributed by atoms with Gasteiger partial charge in [0.2, 0.25) is 0 Å². The van der Waals surface area contributed by atoms with Crippen molar-refractivity contribution in [1.29, 1.82) is 0 Å². The van der Waals surface area contributed by atoms with Crippen LogP contribution in [-0.4, -0.2) is 38.6 Å². The second-order valence-corrected chi connectivity index (χ2v) is 4.90. The molecule has 0 bridgehead atoms. The predicted octanol–water partition coefficient (Wildman–Crippen LogP) is 0.681. The van der Waals surface area contributed by atoms with E-state index in [-0.39, 0.29) is 29.0 Å². The maximum atomic E-state index is 12.0. The third kappa shape index (κ3) is 5.42. The molecule has 1 aromatic carbocycles. The monoisotopic (exact) mass is 329 g/mol. The molecule has 7 nitrogen and oxygen atoms in total. The zero-order chi connectivity index (χ0) is 16.5. The number of nitrogens with two attached hydrogens (primary N) is 2. The van der Waals surface area contributed by atoms with Crippen molar-refractivity contribution >= 4 is 23.4 Å². The molecule has 0 fully saturated rings. The molecule has 0 aliphatic rings. The topological polar surface area (TPSA) is 117 Å². The van der Waals surface area contributed by atoms with E-state index >= 15 is 0 Å². The van der Waals surface area contributed by atoms with Crippen molar-refractivity contribution in [3.8, 4) is 11.5 Å². The Kier molecular flexibility index (Phi) is 7.48. The first-order valence-corrected chi connectivity index (χ1v) is 7.14. The van der Waals surface area contributed by atoms with E-state index in [4.69, 9.17) is 32.5 Å². The Morgan fingerprint density at radius 1 is 1.32 bits per heavy atom. The van der Waals surface area contributed by atoms with Gasteiger partial charge in [-0.1, -0.05) is 11.6 Å². The number of ether oxygens (including phenoxy) is 2. The van der Waals surface area contributed by atoms with E-state index in [0.29, 0.717) is 18.7 Å². The zero-order valence-electron chi connectivity index (χ0n) is 12.4. The normalized spacial score (nSPS) is 10.1. The first-order valence-electron chi connectivity index (χ1n) is 6.76. The average Bonchev–Trinajstić information content (AvgIpc) is 2.49. The quantitative estimate of drug-likeness (QED) is 0.576. The molecule has 0 saturated heterocycles. The number of rotatable bonds is 9. The van der Waals surface area contributed by atoms with Gasteiger partial charge in [-0.15, -0.1) is 0 Å². The van der Waals surface area contributed by atoms with Crippen molar-refractivity contribution in [3.05, 3.63) is 22.7 Å². The summed E-state index contributed by atoms with van der Waals surface area (Å²) >= 11 is 6.07. The van der Waals surface area contributed by atoms with Gasteiger partial charge in [0.05, 0.1) is 12.1 Å². The van der Waals surface area contributed by atoms with Gasteiger partial charge in [-0.05, 0) is 31.5 Å². The van der Waals surface area contributed by atoms with Crippen LogP contribution < -0.4 is 26.3 Å². The van der Waals surface area contributed by atoms with E-state index in [1.165, 1.54) is 19.2 Å². The van der Waals surface area contributed by atoms with Gasteiger partial charge in [0.25, 0.3) is 11.8 Å². The van der Waals surface area contributed by atoms with Crippen molar-refractivity contribution in [1.82, 2.24) is 5.32 Å². The SMILES string of the molecule is COc1cc(C(=O)NCCCCN)cc(Cl)c1OCC(N)=O. The van der Waals surface area contributed by atoms with Crippen LogP contribution in [0.3, 0.4) is 0 Å². The third-order valence-corrected chi connectivity index (χ3v) is 3.05. The van der Waals surface area contributed by atoms with E-state index in [0.717, 1.165) is 12.8 Å². The van der Waals surface area contributed by atoms with E-state index in [1.54, 1.807) is 0 Å². The minimum absolute atomic E-state index is 0.160. The lowest BCUT2D eigenvalue weighted by Crippen LogP contribution is -2.25. The Morgan fingerprint density at radius 3 is 2.64 bits per heavy atom. The fraction of sp³-hybridized carbons (Fsp3) is 0.429. The van der Waals surface area contributed by atoms with Crippen molar-refractivity contribution in [3.63, 3.8) is 0 Å². The van der Waals surface area contributed by atoms with E-state index in [9.17, 15) is 9.59 Å². The molecule has 22 heavy (non-hydrogen) atoms. The molecule has 0 radical (unpaired) electrons. The molecule has 0 unspecified atom stereocenters. The number of hydrogen-bond donors (Lipinski definition) is 3. The summed E-state index contributed by atoms with van der Waals surface area (Å²) in [5.41, 5.74) is 10.7. The molecule has 2 amide bonds. The summed E-state index contributed by atoms with van der Waals surface area (Å²) in [7, 11) is 1.41. The van der Waals surface area contributed by atoms with Gasteiger partial charge in [-0.3, -0.25) is 9.59 Å². The third-order valence-electron chi connectivity index (χ3n) is 2.77. The number of halogens is 1. The molecule has 1 aromatic rings. The highest BCUT2D eigenvalue weighted by atomic mass is 35.5. The van der Waals surface area contributed by atoms with Crippen LogP contribution in [0.1, 0.15) is 23.2 Å². The number of amides is 2. The Labute approximate surface area is 133 Å². The first kappa shape index (κ1) is 18.1. The highest BCUT2D eigenvalue weighted by Gasteiger charge is 2.16. The van der Waals surface area contributed by atoms with Crippen LogP contribution in [-0.2, 0) is 4.79 Å². The second-order valence-electron chi connectivity index (χ2n) is 4.50. The maximum absolute atomic E-state index is 12.0. The summed E-state index contributed by atoms with van der Waals surface area (Å²) in [5.74, 6) is -0.498. The Balaban J connectivity index is 2.83. The number of carbonyl (C=O) groups is 2. The standard InChI is InChI=1S/C14H20ClN3O4/c1-21-11-7-9(14(20)18-5-3-2-4-16)6-10(15)13(11)22-8-12(17)19/h6-7H,2-5,8,16H2,1H3,(H2,17,19)(H,18,20). The lowest BCUT2D eigenvalue weighted by Gasteiger charge is -2.13. The molecule has 0 aliphatic heterocycles. The van der Waals surface area contributed by atoms with Crippen LogP contribution in [0.2, 0.25) is 5.02 Å². The summed E-state index contributed by atoms with van der Waals surface area (Å²) in [6.07, 6.45) is 1.64. The minimum atomic E-state index is -0.639. The fourth-order valence-electron chi connectivity index (χ4n) is 1.71. The minimum Gasteiger partial charge on any atom is -0.493 e. The number of primary amides is 1. The van der Waals surface area contributed by atoms with Crippen LogP contribution in [0.4, 0.5) is 0 Å². The Morgan fingerprint density at radius 2 is 2.05 bits per heavy atom. The molecular weight excluding hydrogens is 310 g/mol. The number of carbonyl (C=O) groups excluding carboxylic acids is 2. The second kappa shape index (κ2) is 9.11. The maximum Gasteiger partial charge on any atom is 0.255 e. The summed E-state index contributed by atoms with van der Waals surface area (Å²) in [5, 5.41) is 2.92. The van der Waals surface area contributed by atoms with Crippen LogP contribution in [0, 0.1) is 0 Å². The molecule has 0 aromatic heterocycles. The number of unbranched alkanes of at least 4 members (excludes halogenated alkanes) is 1. The van der Waals surface area contributed by atoms with Gasteiger partial charge in [-0.2, -0.15) is 0 Å². The molecular formula is C14H20ClN3O4. The Hall–Kier alpha value is -1.99. The largest absolute Gasteiger partial charge is 0.493 e. The van der Waals surface area contributed by atoms with Crippen LogP contribution in [0.25, 0.3) is 0 Å². The first-order chi connectivity index (χ1) is 10.5. The molecule has 0 spiro atoms. The van der Waals surface area contributed by atoms with Crippen molar-refractivity contribution in [2.45, 2.75) is 12.8 Å². The van der Waals surface area contributed by atoms with E-state index in [1.807, 2.05) is 0 Å². The Bertz CT molecular complexity index is 537. The van der Waals surface area contributed by atoms with Gasteiger partial charge >= 0.3 is 0 Å². The van der Waals surface area contributed by atoms with Crippen molar-refractivity contribution in [2.75, 3.05) is 26.8 Å². The summed E-state index contributed by atoms with van der Waals surface area (Å²) in [6, 6.07) is 2.93. The van der Waals surface area contributed by atoms with Crippen molar-refractivity contribution in [2.24, 2.45) is 11.5 Å². The fourth-order valence-corrected chi connectivity index (χ4v) is 1.97. The van der Waals surface area contributed by atoms with Gasteiger partial charge < -0.3 is 26.3 Å². The molecule has 8 heteroatoms. The van der Waals surface area contributed by atoms with Crippen LogP contribution in [0.5, 0.6) is 11.5 Å². The number of nitrogens with one attached hydrogen (secondary N) is 1. The lowest BCUT2D eigenvalue weighted by molar-refractivity contribution is -0.119. The number of benzene rings is 1. The van der Waals surface area contributed by atoms with Crippen molar-refractivity contribution < 1.29 is 19.1 Å². The smallest absolute Gasteiger partial charge is 0.255 e. The number of hydrogen-bond acceptors (Lipinski definition) is 5. The summed E-state index contributed by atoms with van der Waals surface area (Å²) in [4.78, 5) is 22.8. The molecule has 0 atom stereocenters. The summed E-state index contributed by atoms with van der Waals surface area (Å²) < 4.78 is 10.3. The highest BCUT2D eigenvalue weighted by Crippen LogP contribution is 2.36. The predicted molar refractivity (Wildman–Crippen MR) is 83.3 cm³/mol. The molecule has 0 heterocycles. The number of methoxy groups -OCH3 is 1. The zero-order valence-corrected chi connectivity index (χ0v) is 13.1. The molecule has 122 valence electrons. The highest BCUT2D eigenvalue weighted by molar-refractivity contribution is 6.32. The summed E-state index contributed by atoms with van der Waals surface area (Å²) in [6.45, 7) is 0.776. The molecule has 1 rings (SSSR count). The average molecular weight is 330 g/mol. The van der Waals surface area contributed by atoms with Crippen LogP contribution >= 0.6 is 11.6 Å². The van der Waals surface area contributed by atoms with E-state index in [2.05, 4.69) is 5.32 Å². The molecule has 5 N–H and O–H groups in total. The van der Waals surface area contributed by atoms with Gasteiger partial charge in [0, 0.05) is 12.1 Å². The van der Waals surface area contributed by atoms with E-state index < -0.39 is 5.91 Å². The lowest BCUT2D eigenvalue weighted by atomic mass is 10.2. The van der Waals surface area contributed by atoms with Gasteiger partial charge in [-0.25, -0.2) is 0 Å². The molecule has 0 aliphatic carbocycles. The van der Waals surface area contributed by atoms with Gasteiger partial charge in [0.1, 0.15) is 0 Å². The molecule has 0 saturated carbocycles.